The van der Waals surface area contributed by atoms with Crippen molar-refractivity contribution in [3.63, 3.8) is 0 Å². The molecule has 3 heteroatoms. The molecule has 0 amide bonds. The second-order valence-electron chi connectivity index (χ2n) is 4.74. The summed E-state index contributed by atoms with van der Waals surface area (Å²) < 4.78 is 0. The minimum atomic E-state index is 0.161. The van der Waals surface area contributed by atoms with Crippen molar-refractivity contribution in [2.75, 3.05) is 19.7 Å². The molecule has 0 radical (unpaired) electrons. The van der Waals surface area contributed by atoms with Gasteiger partial charge in [0.2, 0.25) is 0 Å². The lowest BCUT2D eigenvalue weighted by atomic mass is 9.77. The number of likely N-dealkylation sites (N-methyl/N-ethyl adjacent to an activating group) is 1. The van der Waals surface area contributed by atoms with E-state index in [9.17, 15) is 5.26 Å². The summed E-state index contributed by atoms with van der Waals surface area (Å²) >= 11 is 0. The van der Waals surface area contributed by atoms with Crippen molar-refractivity contribution in [2.45, 2.75) is 45.6 Å². The van der Waals surface area contributed by atoms with Gasteiger partial charge in [0, 0.05) is 12.6 Å². The van der Waals surface area contributed by atoms with Gasteiger partial charge in [0.1, 0.15) is 0 Å². The van der Waals surface area contributed by atoms with Gasteiger partial charge < -0.3 is 5.11 Å². The van der Waals surface area contributed by atoms with Gasteiger partial charge in [-0.25, -0.2) is 0 Å². The van der Waals surface area contributed by atoms with Crippen LogP contribution in [0.5, 0.6) is 0 Å². The minimum Gasteiger partial charge on any atom is -0.395 e. The number of hydrogen-bond acceptors (Lipinski definition) is 3. The van der Waals surface area contributed by atoms with E-state index >= 15 is 0 Å². The highest BCUT2D eigenvalue weighted by atomic mass is 16.3. The highest BCUT2D eigenvalue weighted by molar-refractivity contribution is 4.97. The zero-order valence-electron chi connectivity index (χ0n) is 10.5. The lowest BCUT2D eigenvalue weighted by Gasteiger charge is -2.39. The topological polar surface area (TPSA) is 47.3 Å². The Morgan fingerprint density at radius 3 is 2.62 bits per heavy atom. The summed E-state index contributed by atoms with van der Waals surface area (Å²) in [5.41, 5.74) is 0. The molecule has 0 aromatic heterocycles. The first-order chi connectivity index (χ1) is 7.76. The molecule has 1 saturated carbocycles. The normalized spacial score (nSPS) is 30.3. The van der Waals surface area contributed by atoms with Crippen LogP contribution in [0.15, 0.2) is 0 Å². The van der Waals surface area contributed by atoms with E-state index in [1.54, 1.807) is 0 Å². The molecule has 1 N–H and O–H groups in total. The average molecular weight is 224 g/mol. The van der Waals surface area contributed by atoms with Gasteiger partial charge in [0.05, 0.1) is 18.6 Å². The zero-order valence-corrected chi connectivity index (χ0v) is 10.5. The van der Waals surface area contributed by atoms with E-state index < -0.39 is 0 Å². The van der Waals surface area contributed by atoms with E-state index in [1.807, 2.05) is 0 Å². The fraction of sp³-hybridized carbons (Fsp3) is 0.923. The summed E-state index contributed by atoms with van der Waals surface area (Å²) in [5, 5.41) is 18.2. The summed E-state index contributed by atoms with van der Waals surface area (Å²) in [4.78, 5) is 2.27. The summed E-state index contributed by atoms with van der Waals surface area (Å²) in [7, 11) is 0. The molecule has 3 nitrogen and oxygen atoms in total. The Morgan fingerprint density at radius 1 is 1.38 bits per heavy atom. The summed E-state index contributed by atoms with van der Waals surface area (Å²) in [6.07, 6.45) is 4.57. The number of rotatable bonds is 5. The van der Waals surface area contributed by atoms with Crippen molar-refractivity contribution in [3.8, 4) is 6.07 Å². The molecule has 1 rings (SSSR count). The van der Waals surface area contributed by atoms with Gasteiger partial charge in [-0.3, -0.25) is 4.90 Å². The molecule has 0 aromatic rings. The number of hydrogen-bond donors (Lipinski definition) is 1. The Morgan fingerprint density at radius 2 is 2.12 bits per heavy atom. The van der Waals surface area contributed by atoms with E-state index in [1.165, 1.54) is 12.8 Å². The van der Waals surface area contributed by atoms with Crippen LogP contribution in [-0.4, -0.2) is 35.7 Å². The predicted molar refractivity (Wildman–Crippen MR) is 64.9 cm³/mol. The van der Waals surface area contributed by atoms with E-state index in [0.29, 0.717) is 12.6 Å². The third kappa shape index (κ3) is 3.20. The molecule has 3 atom stereocenters. The monoisotopic (exact) mass is 224 g/mol. The Bertz CT molecular complexity index is 237. The minimum absolute atomic E-state index is 0.161. The molecule has 16 heavy (non-hydrogen) atoms. The van der Waals surface area contributed by atoms with Crippen LogP contribution in [-0.2, 0) is 0 Å². The molecule has 0 aromatic carbocycles. The maximum Gasteiger partial charge on any atom is 0.0672 e. The van der Waals surface area contributed by atoms with Crippen LogP contribution in [0, 0.1) is 23.2 Å². The molecular weight excluding hydrogens is 200 g/mol. The van der Waals surface area contributed by atoms with Crippen LogP contribution in [0.1, 0.15) is 39.5 Å². The largest absolute Gasteiger partial charge is 0.395 e. The highest BCUT2D eigenvalue weighted by Gasteiger charge is 2.32. The van der Waals surface area contributed by atoms with E-state index in [2.05, 4.69) is 24.8 Å². The highest BCUT2D eigenvalue weighted by Crippen LogP contribution is 2.33. The smallest absolute Gasteiger partial charge is 0.0672 e. The first kappa shape index (κ1) is 13.5. The maximum atomic E-state index is 9.19. The van der Waals surface area contributed by atoms with Crippen LogP contribution in [0.3, 0.4) is 0 Å². The molecule has 1 aliphatic carbocycles. The first-order valence-corrected chi connectivity index (χ1v) is 6.51. The third-order valence-corrected chi connectivity index (χ3v) is 3.93. The van der Waals surface area contributed by atoms with Crippen molar-refractivity contribution in [2.24, 2.45) is 11.8 Å². The van der Waals surface area contributed by atoms with Crippen molar-refractivity contribution >= 4 is 0 Å². The van der Waals surface area contributed by atoms with Crippen LogP contribution in [0.4, 0.5) is 0 Å². The van der Waals surface area contributed by atoms with Crippen molar-refractivity contribution < 1.29 is 5.11 Å². The van der Waals surface area contributed by atoms with Gasteiger partial charge >= 0.3 is 0 Å². The molecule has 0 saturated heterocycles. The number of aliphatic hydroxyl groups excluding tert-OH is 1. The van der Waals surface area contributed by atoms with E-state index in [4.69, 9.17) is 5.11 Å². The summed E-state index contributed by atoms with van der Waals surface area (Å²) in [6.45, 7) is 6.17. The van der Waals surface area contributed by atoms with Crippen LogP contribution < -0.4 is 0 Å². The van der Waals surface area contributed by atoms with Crippen molar-refractivity contribution in [1.82, 2.24) is 4.90 Å². The van der Waals surface area contributed by atoms with Crippen LogP contribution in [0.25, 0.3) is 0 Å². The molecule has 1 fully saturated rings. The molecular formula is C13H24N2O. The molecule has 0 aliphatic heterocycles. The fourth-order valence-electron chi connectivity index (χ4n) is 2.84. The number of aliphatic hydroxyl groups is 1. The second kappa shape index (κ2) is 6.88. The van der Waals surface area contributed by atoms with Gasteiger partial charge in [-0.1, -0.05) is 20.3 Å². The van der Waals surface area contributed by atoms with Gasteiger partial charge in [-0.2, -0.15) is 5.26 Å². The molecule has 0 heterocycles. The van der Waals surface area contributed by atoms with Gasteiger partial charge in [-0.05, 0) is 31.7 Å². The first-order valence-electron chi connectivity index (χ1n) is 6.51. The zero-order chi connectivity index (χ0) is 12.0. The Labute approximate surface area is 99.1 Å². The molecule has 0 spiro atoms. The third-order valence-electron chi connectivity index (χ3n) is 3.93. The standard InChI is InChI=1S/C13H24N2O/c1-3-11-5-6-12(10-14)13(9-11)15(4-2)7-8-16/h11-13,16H,3-9H2,1-2H3. The predicted octanol–water partition coefficient (Wildman–Crippen LogP) is 2.02. The lowest BCUT2D eigenvalue weighted by molar-refractivity contribution is 0.0858. The van der Waals surface area contributed by atoms with Gasteiger partial charge in [0.15, 0.2) is 0 Å². The Balaban J connectivity index is 2.66. The number of nitriles is 1. The molecule has 0 bridgehead atoms. The van der Waals surface area contributed by atoms with E-state index in [-0.39, 0.29) is 12.5 Å². The lowest BCUT2D eigenvalue weighted by Crippen LogP contribution is -2.45. The van der Waals surface area contributed by atoms with Gasteiger partial charge in [0.25, 0.3) is 0 Å². The van der Waals surface area contributed by atoms with Crippen LogP contribution in [0.2, 0.25) is 0 Å². The molecule has 92 valence electrons. The maximum absolute atomic E-state index is 9.19. The Hall–Kier alpha value is -0.590. The summed E-state index contributed by atoms with van der Waals surface area (Å²) in [6, 6.07) is 2.81. The van der Waals surface area contributed by atoms with E-state index in [0.717, 1.165) is 25.3 Å². The number of nitrogens with zero attached hydrogens (tertiary/aromatic N) is 2. The van der Waals surface area contributed by atoms with Gasteiger partial charge in [-0.15, -0.1) is 0 Å². The average Bonchev–Trinajstić information content (AvgIpc) is 2.35. The van der Waals surface area contributed by atoms with Crippen LogP contribution >= 0.6 is 0 Å². The molecule has 3 unspecified atom stereocenters. The fourth-order valence-corrected chi connectivity index (χ4v) is 2.84. The summed E-state index contributed by atoms with van der Waals surface area (Å²) in [5.74, 6) is 0.927. The van der Waals surface area contributed by atoms with Crippen molar-refractivity contribution in [1.29, 1.82) is 5.26 Å². The second-order valence-corrected chi connectivity index (χ2v) is 4.74. The quantitative estimate of drug-likeness (QED) is 0.777. The molecule has 1 aliphatic rings. The SMILES string of the molecule is CCC1CCC(C#N)C(N(CC)CCO)C1. The van der Waals surface area contributed by atoms with Crippen molar-refractivity contribution in [3.05, 3.63) is 0 Å². The Kier molecular flexibility index (Phi) is 5.79.